The molecule has 0 bridgehead atoms. The standard InChI is InChI=1S/C15H18N2O2/c1-17-10-6-9-13(17)14(15(18)19-2)16-11-12-7-4-3-5-8-12/h3-10,14,16H,11H2,1-2H3/t14-/m0/s1. The van der Waals surface area contributed by atoms with Crippen molar-refractivity contribution in [3.8, 4) is 0 Å². The van der Waals surface area contributed by atoms with Crippen LogP contribution in [0.15, 0.2) is 48.7 Å². The van der Waals surface area contributed by atoms with Crippen LogP contribution >= 0.6 is 0 Å². The zero-order valence-corrected chi connectivity index (χ0v) is 11.2. The molecule has 2 rings (SSSR count). The van der Waals surface area contributed by atoms with Crippen LogP contribution in [0.2, 0.25) is 0 Å². The number of carbonyl (C=O) groups is 1. The Labute approximate surface area is 113 Å². The van der Waals surface area contributed by atoms with E-state index in [4.69, 9.17) is 4.74 Å². The highest BCUT2D eigenvalue weighted by atomic mass is 16.5. The number of ether oxygens (including phenoxy) is 1. The lowest BCUT2D eigenvalue weighted by Gasteiger charge is -2.17. The predicted molar refractivity (Wildman–Crippen MR) is 73.5 cm³/mol. The van der Waals surface area contributed by atoms with Gasteiger partial charge in [-0.3, -0.25) is 5.32 Å². The molecule has 0 aliphatic rings. The summed E-state index contributed by atoms with van der Waals surface area (Å²) < 4.78 is 6.78. The average Bonchev–Trinajstić information content (AvgIpc) is 2.86. The van der Waals surface area contributed by atoms with Crippen molar-refractivity contribution in [3.05, 3.63) is 59.9 Å². The Kier molecular flexibility index (Phi) is 4.36. The first kappa shape index (κ1) is 13.4. The van der Waals surface area contributed by atoms with E-state index in [0.29, 0.717) is 6.54 Å². The summed E-state index contributed by atoms with van der Waals surface area (Å²) in [5, 5.41) is 3.23. The molecule has 1 aromatic heterocycles. The summed E-state index contributed by atoms with van der Waals surface area (Å²) in [6.07, 6.45) is 1.91. The van der Waals surface area contributed by atoms with Gasteiger partial charge >= 0.3 is 5.97 Å². The van der Waals surface area contributed by atoms with Crippen LogP contribution in [0.3, 0.4) is 0 Å². The molecule has 1 atom stereocenters. The molecule has 0 aliphatic heterocycles. The number of nitrogens with one attached hydrogen (secondary N) is 1. The topological polar surface area (TPSA) is 43.3 Å². The van der Waals surface area contributed by atoms with Crippen molar-refractivity contribution in [1.29, 1.82) is 0 Å². The Morgan fingerprint density at radius 1 is 1.26 bits per heavy atom. The van der Waals surface area contributed by atoms with Crippen LogP contribution in [0.1, 0.15) is 17.3 Å². The number of hydrogen-bond acceptors (Lipinski definition) is 3. The Balaban J connectivity index is 2.11. The van der Waals surface area contributed by atoms with Crippen molar-refractivity contribution >= 4 is 5.97 Å². The van der Waals surface area contributed by atoms with Gasteiger partial charge < -0.3 is 9.30 Å². The quantitative estimate of drug-likeness (QED) is 0.834. The third-order valence-electron chi connectivity index (χ3n) is 3.07. The monoisotopic (exact) mass is 258 g/mol. The third kappa shape index (κ3) is 3.23. The van der Waals surface area contributed by atoms with E-state index < -0.39 is 6.04 Å². The number of aromatic nitrogens is 1. The minimum absolute atomic E-state index is 0.280. The fraction of sp³-hybridized carbons (Fsp3) is 0.267. The Morgan fingerprint density at radius 3 is 2.58 bits per heavy atom. The molecule has 0 fully saturated rings. The van der Waals surface area contributed by atoms with Gasteiger partial charge in [0.05, 0.1) is 7.11 Å². The van der Waals surface area contributed by atoms with Crippen molar-refractivity contribution < 1.29 is 9.53 Å². The zero-order valence-electron chi connectivity index (χ0n) is 11.2. The molecule has 0 unspecified atom stereocenters. The maximum Gasteiger partial charge on any atom is 0.329 e. The van der Waals surface area contributed by atoms with Gasteiger partial charge in [0.2, 0.25) is 0 Å². The summed E-state index contributed by atoms with van der Waals surface area (Å²) in [5.74, 6) is -0.280. The number of rotatable bonds is 5. The fourth-order valence-electron chi connectivity index (χ4n) is 2.02. The lowest BCUT2D eigenvalue weighted by molar-refractivity contribution is -0.143. The molecule has 0 aliphatic carbocycles. The smallest absolute Gasteiger partial charge is 0.329 e. The molecule has 1 aromatic carbocycles. The maximum atomic E-state index is 11.9. The zero-order chi connectivity index (χ0) is 13.7. The molecule has 4 heteroatoms. The van der Waals surface area contributed by atoms with Crippen LogP contribution in [-0.2, 0) is 23.1 Å². The molecule has 0 spiro atoms. The van der Waals surface area contributed by atoms with E-state index in [1.807, 2.05) is 60.3 Å². The Morgan fingerprint density at radius 2 is 2.00 bits per heavy atom. The molecule has 100 valence electrons. The molecule has 2 aromatic rings. The van der Waals surface area contributed by atoms with Crippen LogP contribution in [0.4, 0.5) is 0 Å². The first-order valence-electron chi connectivity index (χ1n) is 6.18. The molecule has 0 saturated heterocycles. The maximum absolute atomic E-state index is 11.9. The summed E-state index contributed by atoms with van der Waals surface area (Å²) in [5.41, 5.74) is 2.02. The third-order valence-corrected chi connectivity index (χ3v) is 3.07. The van der Waals surface area contributed by atoms with E-state index in [0.717, 1.165) is 11.3 Å². The largest absolute Gasteiger partial charge is 0.468 e. The van der Waals surface area contributed by atoms with Crippen molar-refractivity contribution in [3.63, 3.8) is 0 Å². The van der Waals surface area contributed by atoms with E-state index in [-0.39, 0.29) is 5.97 Å². The van der Waals surface area contributed by atoms with Gasteiger partial charge in [-0.25, -0.2) is 4.79 Å². The molecule has 0 saturated carbocycles. The van der Waals surface area contributed by atoms with Crippen LogP contribution in [-0.4, -0.2) is 17.6 Å². The lowest BCUT2D eigenvalue weighted by Crippen LogP contribution is -2.30. The molecule has 1 heterocycles. The lowest BCUT2D eigenvalue weighted by atomic mass is 10.1. The van der Waals surface area contributed by atoms with Crippen molar-refractivity contribution in [2.75, 3.05) is 7.11 Å². The van der Waals surface area contributed by atoms with Crippen molar-refractivity contribution in [2.45, 2.75) is 12.6 Å². The molecule has 0 amide bonds. The van der Waals surface area contributed by atoms with Gasteiger partial charge in [0.15, 0.2) is 0 Å². The number of hydrogen-bond donors (Lipinski definition) is 1. The second kappa shape index (κ2) is 6.20. The summed E-state index contributed by atoms with van der Waals surface area (Å²) in [7, 11) is 3.32. The summed E-state index contributed by atoms with van der Waals surface area (Å²) in [6.45, 7) is 0.617. The average molecular weight is 258 g/mol. The predicted octanol–water partition coefficient (Wildman–Crippen LogP) is 2.03. The summed E-state index contributed by atoms with van der Waals surface area (Å²) >= 11 is 0. The fourth-order valence-corrected chi connectivity index (χ4v) is 2.02. The Bertz CT molecular complexity index is 534. The van der Waals surface area contributed by atoms with Crippen LogP contribution in [0.25, 0.3) is 0 Å². The SMILES string of the molecule is COC(=O)[C@@H](NCc1ccccc1)c1cccn1C. The minimum atomic E-state index is -0.454. The normalized spacial score (nSPS) is 12.1. The first-order valence-corrected chi connectivity index (χ1v) is 6.18. The number of carbonyl (C=O) groups excluding carboxylic acids is 1. The molecule has 4 nitrogen and oxygen atoms in total. The van der Waals surface area contributed by atoms with E-state index in [2.05, 4.69) is 5.32 Å². The molecular weight excluding hydrogens is 240 g/mol. The van der Waals surface area contributed by atoms with Gasteiger partial charge in [0.25, 0.3) is 0 Å². The van der Waals surface area contributed by atoms with Crippen LogP contribution < -0.4 is 5.32 Å². The highest BCUT2D eigenvalue weighted by Gasteiger charge is 2.22. The number of nitrogens with zero attached hydrogens (tertiary/aromatic N) is 1. The number of benzene rings is 1. The summed E-state index contributed by atoms with van der Waals surface area (Å²) in [6, 6.07) is 13.3. The second-order valence-electron chi connectivity index (χ2n) is 4.37. The van der Waals surface area contributed by atoms with Gasteiger partial charge in [-0.15, -0.1) is 0 Å². The van der Waals surface area contributed by atoms with Crippen LogP contribution in [0, 0.1) is 0 Å². The van der Waals surface area contributed by atoms with Gasteiger partial charge in [0.1, 0.15) is 6.04 Å². The number of esters is 1. The molecule has 1 N–H and O–H groups in total. The van der Waals surface area contributed by atoms with E-state index in [1.165, 1.54) is 7.11 Å². The van der Waals surface area contributed by atoms with Crippen molar-refractivity contribution in [1.82, 2.24) is 9.88 Å². The van der Waals surface area contributed by atoms with Gasteiger partial charge in [-0.2, -0.15) is 0 Å². The van der Waals surface area contributed by atoms with E-state index in [1.54, 1.807) is 0 Å². The van der Waals surface area contributed by atoms with E-state index >= 15 is 0 Å². The second-order valence-corrected chi connectivity index (χ2v) is 4.37. The highest BCUT2D eigenvalue weighted by Crippen LogP contribution is 2.15. The van der Waals surface area contributed by atoms with Crippen LogP contribution in [0.5, 0.6) is 0 Å². The van der Waals surface area contributed by atoms with Gasteiger partial charge in [-0.05, 0) is 17.7 Å². The van der Waals surface area contributed by atoms with Gasteiger partial charge in [-0.1, -0.05) is 30.3 Å². The minimum Gasteiger partial charge on any atom is -0.468 e. The summed E-state index contributed by atoms with van der Waals surface area (Å²) in [4.78, 5) is 11.9. The molecular formula is C15H18N2O2. The number of aryl methyl sites for hydroxylation is 1. The first-order chi connectivity index (χ1) is 9.22. The highest BCUT2D eigenvalue weighted by molar-refractivity contribution is 5.77. The van der Waals surface area contributed by atoms with Gasteiger partial charge in [0, 0.05) is 25.5 Å². The van der Waals surface area contributed by atoms with Crippen molar-refractivity contribution in [2.24, 2.45) is 7.05 Å². The number of methoxy groups -OCH3 is 1. The van der Waals surface area contributed by atoms with E-state index in [9.17, 15) is 4.79 Å². The molecule has 0 radical (unpaired) electrons. The molecule has 19 heavy (non-hydrogen) atoms. The Hall–Kier alpha value is -2.07.